The molecule has 0 spiro atoms. The average Bonchev–Trinajstić information content (AvgIpc) is 3.36. The summed E-state index contributed by atoms with van der Waals surface area (Å²) in [5.74, 6) is 0.0969. The number of oxazole rings is 1. The number of hydrogen-bond acceptors (Lipinski definition) is 7. The molecule has 3 N–H and O–H groups in total. The summed E-state index contributed by atoms with van der Waals surface area (Å²) in [4.78, 5) is 29.0. The zero-order valence-corrected chi connectivity index (χ0v) is 21.5. The standard InChI is InChI=1S/C30H30N6O2/c1-3-15-36(16-4-2)30-35-26-17-22(20-9-6-5-7-10-20)25(18-27(26)38-30)34-29(37)24-12-8-11-23(33-24)21-13-14-28(31)32-19-21/h5-14,17-19H,3-4,15-16H2,1-2H3,(H2,31,32)(H,34,37). The van der Waals surface area contributed by atoms with Crippen molar-refractivity contribution in [3.8, 4) is 22.4 Å². The molecule has 192 valence electrons. The van der Waals surface area contributed by atoms with Gasteiger partial charge in [0.1, 0.15) is 17.0 Å². The van der Waals surface area contributed by atoms with Crippen LogP contribution in [0, 0.1) is 0 Å². The number of anilines is 3. The monoisotopic (exact) mass is 506 g/mol. The largest absolute Gasteiger partial charge is 0.423 e. The van der Waals surface area contributed by atoms with E-state index in [0.717, 1.165) is 48.1 Å². The van der Waals surface area contributed by atoms with Crippen LogP contribution in [-0.2, 0) is 0 Å². The second-order valence-electron chi connectivity index (χ2n) is 9.05. The summed E-state index contributed by atoms with van der Waals surface area (Å²) < 4.78 is 6.17. The van der Waals surface area contributed by atoms with Gasteiger partial charge in [0.2, 0.25) is 0 Å². The van der Waals surface area contributed by atoms with Crippen LogP contribution in [0.2, 0.25) is 0 Å². The first-order valence-electron chi connectivity index (χ1n) is 12.8. The van der Waals surface area contributed by atoms with Crippen LogP contribution in [0.5, 0.6) is 0 Å². The number of hydrogen-bond donors (Lipinski definition) is 2. The number of fused-ring (bicyclic) bond motifs is 1. The van der Waals surface area contributed by atoms with E-state index in [0.29, 0.717) is 28.8 Å². The Balaban J connectivity index is 1.52. The van der Waals surface area contributed by atoms with Crippen molar-refractivity contribution in [2.45, 2.75) is 26.7 Å². The Bertz CT molecular complexity index is 1540. The fraction of sp³-hybridized carbons (Fsp3) is 0.200. The molecule has 2 aromatic carbocycles. The number of benzene rings is 2. The first kappa shape index (κ1) is 25.0. The first-order chi connectivity index (χ1) is 18.6. The van der Waals surface area contributed by atoms with Crippen LogP contribution in [0.15, 0.2) is 83.4 Å². The molecule has 1 amide bonds. The van der Waals surface area contributed by atoms with Crippen molar-refractivity contribution in [3.05, 3.63) is 84.7 Å². The van der Waals surface area contributed by atoms with Crippen LogP contribution in [0.25, 0.3) is 33.5 Å². The summed E-state index contributed by atoms with van der Waals surface area (Å²) in [5, 5.41) is 3.06. The van der Waals surface area contributed by atoms with Gasteiger partial charge in [-0.25, -0.2) is 9.97 Å². The Hall–Kier alpha value is -4.72. The van der Waals surface area contributed by atoms with E-state index in [-0.39, 0.29) is 11.6 Å². The van der Waals surface area contributed by atoms with Crippen molar-refractivity contribution in [1.82, 2.24) is 15.0 Å². The molecule has 0 aliphatic carbocycles. The van der Waals surface area contributed by atoms with Crippen molar-refractivity contribution in [1.29, 1.82) is 0 Å². The molecule has 3 aromatic heterocycles. The van der Waals surface area contributed by atoms with E-state index in [4.69, 9.17) is 15.1 Å². The quantitative estimate of drug-likeness (QED) is 0.238. The van der Waals surface area contributed by atoms with Crippen LogP contribution >= 0.6 is 0 Å². The molecule has 38 heavy (non-hydrogen) atoms. The van der Waals surface area contributed by atoms with Crippen LogP contribution < -0.4 is 16.0 Å². The van der Waals surface area contributed by atoms with Crippen LogP contribution in [0.1, 0.15) is 37.2 Å². The lowest BCUT2D eigenvalue weighted by atomic mass is 10.0. The molecule has 0 saturated carbocycles. The van der Waals surface area contributed by atoms with Crippen LogP contribution in [-0.4, -0.2) is 33.9 Å². The molecule has 0 fully saturated rings. The number of aromatic nitrogens is 3. The lowest BCUT2D eigenvalue weighted by molar-refractivity contribution is 0.102. The van der Waals surface area contributed by atoms with Crippen LogP contribution in [0.3, 0.4) is 0 Å². The van der Waals surface area contributed by atoms with Crippen molar-refractivity contribution in [2.24, 2.45) is 0 Å². The van der Waals surface area contributed by atoms with Gasteiger partial charge in [0.25, 0.3) is 11.9 Å². The third-order valence-corrected chi connectivity index (χ3v) is 6.17. The summed E-state index contributed by atoms with van der Waals surface area (Å²) in [5.41, 5.74) is 11.2. The molecule has 0 unspecified atom stereocenters. The van der Waals surface area contributed by atoms with Gasteiger partial charge in [0, 0.05) is 36.5 Å². The van der Waals surface area contributed by atoms with Crippen molar-refractivity contribution >= 4 is 34.5 Å². The predicted octanol–water partition coefficient (Wildman–Crippen LogP) is 6.41. The minimum absolute atomic E-state index is 0.286. The van der Waals surface area contributed by atoms with Gasteiger partial charge in [-0.1, -0.05) is 50.2 Å². The van der Waals surface area contributed by atoms with Gasteiger partial charge in [0.05, 0.1) is 11.4 Å². The van der Waals surface area contributed by atoms with E-state index in [1.165, 1.54) is 0 Å². The molecule has 5 rings (SSSR count). The van der Waals surface area contributed by atoms with Crippen molar-refractivity contribution in [3.63, 3.8) is 0 Å². The number of nitrogens with zero attached hydrogens (tertiary/aromatic N) is 4. The summed E-state index contributed by atoms with van der Waals surface area (Å²) >= 11 is 0. The molecule has 0 aliphatic rings. The Labute approximate surface area is 221 Å². The Morgan fingerprint density at radius 3 is 2.42 bits per heavy atom. The maximum atomic E-state index is 13.4. The minimum Gasteiger partial charge on any atom is -0.423 e. The molecule has 8 nitrogen and oxygen atoms in total. The lowest BCUT2D eigenvalue weighted by Crippen LogP contribution is -2.24. The van der Waals surface area contributed by atoms with E-state index in [9.17, 15) is 4.79 Å². The van der Waals surface area contributed by atoms with E-state index in [1.54, 1.807) is 24.4 Å². The third-order valence-electron chi connectivity index (χ3n) is 6.17. The summed E-state index contributed by atoms with van der Waals surface area (Å²) in [6.07, 6.45) is 3.63. The highest BCUT2D eigenvalue weighted by molar-refractivity contribution is 6.07. The molecular formula is C30H30N6O2. The third kappa shape index (κ3) is 5.34. The Kier molecular flexibility index (Phi) is 7.31. The molecule has 0 bridgehead atoms. The van der Waals surface area contributed by atoms with Crippen LogP contribution in [0.4, 0.5) is 17.5 Å². The number of nitrogens with one attached hydrogen (secondary N) is 1. The average molecular weight is 507 g/mol. The van der Waals surface area contributed by atoms with Crippen molar-refractivity contribution < 1.29 is 9.21 Å². The van der Waals surface area contributed by atoms with Gasteiger partial charge < -0.3 is 20.4 Å². The molecule has 5 aromatic rings. The number of amides is 1. The summed E-state index contributed by atoms with van der Waals surface area (Å²) in [7, 11) is 0. The van der Waals surface area contributed by atoms with Gasteiger partial charge in [-0.05, 0) is 48.7 Å². The fourth-order valence-electron chi connectivity index (χ4n) is 4.36. The fourth-order valence-corrected chi connectivity index (χ4v) is 4.36. The molecule has 0 radical (unpaired) electrons. The van der Waals surface area contributed by atoms with E-state index >= 15 is 0 Å². The highest BCUT2D eigenvalue weighted by Gasteiger charge is 2.18. The lowest BCUT2D eigenvalue weighted by Gasteiger charge is -2.18. The number of pyridine rings is 2. The zero-order chi connectivity index (χ0) is 26.5. The number of nitrogens with two attached hydrogens (primary N) is 1. The highest BCUT2D eigenvalue weighted by atomic mass is 16.4. The van der Waals surface area contributed by atoms with Gasteiger partial charge >= 0.3 is 0 Å². The molecule has 3 heterocycles. The summed E-state index contributed by atoms with van der Waals surface area (Å²) in [6.45, 7) is 6.00. The molecular weight excluding hydrogens is 476 g/mol. The topological polar surface area (TPSA) is 110 Å². The molecule has 8 heteroatoms. The first-order valence-corrected chi connectivity index (χ1v) is 12.8. The molecule has 0 aliphatic heterocycles. The highest BCUT2D eigenvalue weighted by Crippen LogP contribution is 2.34. The maximum absolute atomic E-state index is 13.4. The Morgan fingerprint density at radius 2 is 1.71 bits per heavy atom. The number of nitrogen functional groups attached to an aromatic ring is 1. The number of rotatable bonds is 9. The van der Waals surface area contributed by atoms with Gasteiger partial charge in [0.15, 0.2) is 5.58 Å². The van der Waals surface area contributed by atoms with Crippen molar-refractivity contribution in [2.75, 3.05) is 29.0 Å². The normalized spacial score (nSPS) is 11.0. The van der Waals surface area contributed by atoms with E-state index in [2.05, 4.69) is 34.0 Å². The zero-order valence-electron chi connectivity index (χ0n) is 21.5. The number of carbonyl (C=O) groups excluding carboxylic acids is 1. The smallest absolute Gasteiger partial charge is 0.298 e. The maximum Gasteiger partial charge on any atom is 0.298 e. The summed E-state index contributed by atoms with van der Waals surface area (Å²) in [6, 6.07) is 23.2. The minimum atomic E-state index is -0.329. The van der Waals surface area contributed by atoms with E-state index in [1.807, 2.05) is 54.6 Å². The SMILES string of the molecule is CCCN(CCC)c1nc2cc(-c3ccccc3)c(NC(=O)c3cccc(-c4ccc(N)nc4)n3)cc2o1. The second-order valence-corrected chi connectivity index (χ2v) is 9.05. The molecule has 0 atom stereocenters. The second kappa shape index (κ2) is 11.1. The van der Waals surface area contributed by atoms with Gasteiger partial charge in [-0.2, -0.15) is 4.98 Å². The van der Waals surface area contributed by atoms with Gasteiger partial charge in [-0.3, -0.25) is 4.79 Å². The Morgan fingerprint density at radius 1 is 0.921 bits per heavy atom. The molecule has 0 saturated heterocycles. The number of carbonyl (C=O) groups is 1. The van der Waals surface area contributed by atoms with E-state index < -0.39 is 0 Å². The predicted molar refractivity (Wildman–Crippen MR) is 152 cm³/mol. The van der Waals surface area contributed by atoms with Gasteiger partial charge in [-0.15, -0.1) is 0 Å².